The molecule has 0 saturated carbocycles. The maximum absolute atomic E-state index is 11.5. The molecule has 5 atom stereocenters. The van der Waals surface area contributed by atoms with Gasteiger partial charge in [-0.15, -0.1) is 0 Å². The summed E-state index contributed by atoms with van der Waals surface area (Å²) in [5.74, 6) is 0.805. The first kappa shape index (κ1) is 27.8. The average Bonchev–Trinajstić information content (AvgIpc) is 3.19. The summed E-state index contributed by atoms with van der Waals surface area (Å²) in [6.07, 6.45) is -2.04. The van der Waals surface area contributed by atoms with Gasteiger partial charge in [-0.3, -0.25) is 0 Å². The van der Waals surface area contributed by atoms with Crippen molar-refractivity contribution in [1.82, 2.24) is 4.57 Å². The fourth-order valence-corrected chi connectivity index (χ4v) is 6.93. The first-order valence-electron chi connectivity index (χ1n) is 12.8. The lowest BCUT2D eigenvalue weighted by Crippen LogP contribution is -2.70. The number of hydrogen-bond donors (Lipinski definition) is 3. The molecule has 201 valence electrons. The first-order chi connectivity index (χ1) is 17.4. The number of methoxy groups -OCH3 is 1. The molecule has 2 heterocycles. The Morgan fingerprint density at radius 1 is 1.03 bits per heavy atom. The van der Waals surface area contributed by atoms with Gasteiger partial charge >= 0.3 is 0 Å². The number of benzene rings is 2. The lowest BCUT2D eigenvalue weighted by molar-refractivity contribution is -0.280. The minimum Gasteiger partial charge on any atom is -0.497 e. The molecule has 0 bridgehead atoms. The van der Waals surface area contributed by atoms with Crippen molar-refractivity contribution in [2.45, 2.75) is 82.6 Å². The molecule has 0 unspecified atom stereocenters. The van der Waals surface area contributed by atoms with Gasteiger partial charge in [0.15, 0.2) is 5.35 Å². The van der Waals surface area contributed by atoms with Crippen LogP contribution in [0, 0.1) is 6.92 Å². The maximum atomic E-state index is 11.5. The number of aryl methyl sites for hydroxylation is 1. The van der Waals surface area contributed by atoms with E-state index < -0.39 is 44.2 Å². The third kappa shape index (κ3) is 5.37. The smallest absolute Gasteiger partial charge is 0.155 e. The zero-order valence-corrected chi connectivity index (χ0v) is 23.9. The summed E-state index contributed by atoms with van der Waals surface area (Å²) < 4.78 is 19.9. The third-order valence-corrected chi connectivity index (χ3v) is 9.23. The molecule has 3 N–H and O–H groups in total. The van der Waals surface area contributed by atoms with Crippen molar-refractivity contribution in [1.29, 1.82) is 0 Å². The van der Waals surface area contributed by atoms with Gasteiger partial charge in [0.1, 0.15) is 39.0 Å². The average molecular weight is 527 g/mol. The Kier molecular flexibility index (Phi) is 7.91. The number of hydrogen-bond acceptors (Lipinski definition) is 6. The highest BCUT2D eigenvalue weighted by molar-refractivity contribution is 6.58. The predicted molar refractivity (Wildman–Crippen MR) is 147 cm³/mol. The quantitative estimate of drug-likeness (QED) is 0.406. The van der Waals surface area contributed by atoms with Crippen molar-refractivity contribution >= 4 is 19.7 Å². The van der Waals surface area contributed by atoms with Crippen LogP contribution in [0.4, 0.5) is 0 Å². The summed E-state index contributed by atoms with van der Waals surface area (Å²) in [5, 5.41) is 33.3. The molecule has 37 heavy (non-hydrogen) atoms. The van der Waals surface area contributed by atoms with Crippen molar-refractivity contribution in [2.24, 2.45) is 0 Å². The Hall–Kier alpha value is -2.20. The molecule has 1 aromatic heterocycles. The zero-order valence-electron chi connectivity index (χ0n) is 22.9. The van der Waals surface area contributed by atoms with Gasteiger partial charge in [0.2, 0.25) is 0 Å². The summed E-state index contributed by atoms with van der Waals surface area (Å²) in [6, 6.07) is 14.3. The summed E-state index contributed by atoms with van der Waals surface area (Å²) >= 11 is 0. The topological polar surface area (TPSA) is 93.3 Å². The Morgan fingerprint density at radius 3 is 2.30 bits per heavy atom. The fourth-order valence-electron chi connectivity index (χ4n) is 5.11. The zero-order chi connectivity index (χ0) is 27.1. The molecule has 0 aliphatic carbocycles. The van der Waals surface area contributed by atoms with Crippen molar-refractivity contribution in [3.63, 3.8) is 0 Å². The largest absolute Gasteiger partial charge is 0.497 e. The van der Waals surface area contributed by atoms with E-state index in [1.807, 2.05) is 62.7 Å². The molecule has 1 fully saturated rings. The van der Waals surface area contributed by atoms with E-state index in [0.29, 0.717) is 6.42 Å². The van der Waals surface area contributed by atoms with E-state index in [4.69, 9.17) is 14.2 Å². The second-order valence-electron chi connectivity index (χ2n) is 11.3. The van der Waals surface area contributed by atoms with E-state index in [2.05, 4.69) is 31.3 Å². The number of aliphatic hydroxyl groups excluding tert-OH is 3. The van der Waals surface area contributed by atoms with Crippen LogP contribution in [0.15, 0.2) is 48.7 Å². The fraction of sp³-hybridized carbons (Fsp3) is 0.517. The van der Waals surface area contributed by atoms with Crippen LogP contribution in [0.1, 0.15) is 37.5 Å². The molecule has 0 amide bonds. The van der Waals surface area contributed by atoms with Crippen LogP contribution in [0.2, 0.25) is 13.1 Å². The van der Waals surface area contributed by atoms with Gasteiger partial charge in [0.25, 0.3) is 0 Å². The Bertz CT molecular complexity index is 1220. The van der Waals surface area contributed by atoms with Crippen LogP contribution >= 0.6 is 0 Å². The van der Waals surface area contributed by atoms with Crippen molar-refractivity contribution < 1.29 is 29.5 Å². The number of rotatable bonds is 7. The van der Waals surface area contributed by atoms with E-state index in [-0.39, 0.29) is 6.61 Å². The molecule has 7 nitrogen and oxygen atoms in total. The van der Waals surface area contributed by atoms with Crippen LogP contribution in [0.3, 0.4) is 0 Å². The van der Waals surface area contributed by atoms with Crippen LogP contribution in [0.5, 0.6) is 5.75 Å². The third-order valence-electron chi connectivity index (χ3n) is 7.14. The van der Waals surface area contributed by atoms with E-state index in [9.17, 15) is 15.3 Å². The lowest BCUT2D eigenvalue weighted by atomic mass is 9.97. The summed E-state index contributed by atoms with van der Waals surface area (Å²) in [6.45, 7) is 12.1. The predicted octanol–water partition coefficient (Wildman–Crippen LogP) is 3.79. The molecular weight excluding hydrogens is 486 g/mol. The van der Waals surface area contributed by atoms with E-state index >= 15 is 0 Å². The second-order valence-corrected chi connectivity index (χ2v) is 14.0. The highest BCUT2D eigenvalue weighted by atomic mass is 28.3. The van der Waals surface area contributed by atoms with Gasteiger partial charge in [-0.25, -0.2) is 0 Å². The van der Waals surface area contributed by atoms with E-state index in [0.717, 1.165) is 33.3 Å². The number of aliphatic hydroxyl groups is 3. The highest BCUT2D eigenvalue weighted by Gasteiger charge is 2.57. The number of fused-ring (bicyclic) bond motifs is 1. The molecule has 0 spiro atoms. The number of nitrogens with zero attached hydrogens (tertiary/aromatic N) is 1. The van der Waals surface area contributed by atoms with Crippen molar-refractivity contribution in [3.05, 3.63) is 65.4 Å². The molecule has 1 aliphatic rings. The maximum Gasteiger partial charge on any atom is 0.155 e. The van der Waals surface area contributed by atoms with Gasteiger partial charge in [0.05, 0.1) is 24.8 Å². The highest BCUT2D eigenvalue weighted by Crippen LogP contribution is 2.41. The number of aromatic nitrogens is 1. The minimum absolute atomic E-state index is 0.0995. The molecule has 4 rings (SSSR count). The summed E-state index contributed by atoms with van der Waals surface area (Å²) in [5.41, 5.74) is 3.78. The van der Waals surface area contributed by atoms with E-state index in [1.54, 1.807) is 7.11 Å². The molecule has 1 radical (unpaired) electrons. The van der Waals surface area contributed by atoms with Gasteiger partial charge in [-0.2, -0.15) is 0 Å². The lowest BCUT2D eigenvalue weighted by Gasteiger charge is -2.52. The molecule has 8 heteroatoms. The van der Waals surface area contributed by atoms with Gasteiger partial charge in [0, 0.05) is 11.6 Å². The van der Waals surface area contributed by atoms with Crippen LogP contribution in [0.25, 0.3) is 10.9 Å². The van der Waals surface area contributed by atoms with Gasteiger partial charge < -0.3 is 34.1 Å². The van der Waals surface area contributed by atoms with E-state index in [1.165, 1.54) is 0 Å². The molecule has 3 aromatic rings. The van der Waals surface area contributed by atoms with Crippen LogP contribution in [-0.2, 0) is 21.2 Å². The minimum atomic E-state index is -1.46. The molecule has 2 aromatic carbocycles. The Morgan fingerprint density at radius 2 is 1.70 bits per heavy atom. The van der Waals surface area contributed by atoms with Crippen LogP contribution < -0.4 is 4.74 Å². The van der Waals surface area contributed by atoms with Gasteiger partial charge in [-0.1, -0.05) is 37.4 Å². The molecule has 1 aliphatic heterocycles. The molecular formula is C29H40NO6Si. The monoisotopic (exact) mass is 526 g/mol. The molecule has 1 saturated heterocycles. The Labute approximate surface area is 221 Å². The van der Waals surface area contributed by atoms with Gasteiger partial charge in [-0.05, 0) is 69.0 Å². The van der Waals surface area contributed by atoms with Crippen LogP contribution in [-0.4, -0.2) is 72.4 Å². The Balaban J connectivity index is 1.83. The SMILES string of the molecule is COc1ccc(Cc2cn([C@@]3([Si](C)C)O[C@H](COC(C)(C)C)[C@@H](O)[C@H](O)[C@H]3O)c3cc(C)ccc23)cc1. The van der Waals surface area contributed by atoms with Crippen molar-refractivity contribution in [2.75, 3.05) is 13.7 Å². The summed E-state index contributed by atoms with van der Waals surface area (Å²) in [4.78, 5) is 0. The number of ether oxygens (including phenoxy) is 3. The van der Waals surface area contributed by atoms with Crippen molar-refractivity contribution in [3.8, 4) is 5.75 Å². The second kappa shape index (κ2) is 10.5. The standard InChI is InChI=1S/C29H40NO6Si/c1-18-8-13-22-20(15-19-9-11-21(34-5)12-10-19)16-30(23(22)14-18)29(37(6)7)27(33)26(32)25(31)24(36-29)17-35-28(2,3)4/h8-14,16,24-27,31-33H,15,17H2,1-7H3/t24-,25-,26+,27-,29-/m1/s1. The summed E-state index contributed by atoms with van der Waals surface area (Å²) in [7, 11) is 0.193. The normalized spacial score (nSPS) is 26.7. The first-order valence-corrected chi connectivity index (χ1v) is 15.3.